The maximum atomic E-state index is 13.4. The predicted octanol–water partition coefficient (Wildman–Crippen LogP) is 1.08. The van der Waals surface area contributed by atoms with Crippen molar-refractivity contribution in [3.05, 3.63) is 29.1 Å². The van der Waals surface area contributed by atoms with Crippen molar-refractivity contribution in [2.45, 2.75) is 6.54 Å². The normalized spacial score (nSPS) is 9.87. The van der Waals surface area contributed by atoms with E-state index in [-0.39, 0.29) is 17.9 Å². The van der Waals surface area contributed by atoms with Gasteiger partial charge < -0.3 is 15.2 Å². The molecule has 0 saturated carbocycles. The van der Waals surface area contributed by atoms with E-state index >= 15 is 0 Å². The highest BCUT2D eigenvalue weighted by molar-refractivity contribution is 5.92. The molecule has 0 aliphatic carbocycles. The van der Waals surface area contributed by atoms with Crippen molar-refractivity contribution in [1.82, 2.24) is 0 Å². The van der Waals surface area contributed by atoms with Gasteiger partial charge in [-0.1, -0.05) is 0 Å². The van der Waals surface area contributed by atoms with Crippen LogP contribution in [0, 0.1) is 5.82 Å². The smallest absolute Gasteiger partial charge is 0.341 e. The molecule has 5 heteroatoms. The molecule has 1 rings (SSSR count). The number of benzene rings is 1. The summed E-state index contributed by atoms with van der Waals surface area (Å²) < 4.78 is 22.7. The summed E-state index contributed by atoms with van der Waals surface area (Å²) >= 11 is 0. The highest BCUT2D eigenvalue weighted by atomic mass is 19.1. The van der Waals surface area contributed by atoms with Gasteiger partial charge in [0.1, 0.15) is 5.56 Å². The molecular formula is C10H12FNO3. The van der Waals surface area contributed by atoms with Gasteiger partial charge in [0.2, 0.25) is 0 Å². The van der Waals surface area contributed by atoms with Crippen molar-refractivity contribution in [3.8, 4) is 5.75 Å². The maximum absolute atomic E-state index is 13.4. The number of ether oxygens (including phenoxy) is 2. The molecule has 0 unspecified atom stereocenters. The summed E-state index contributed by atoms with van der Waals surface area (Å²) in [4.78, 5) is 11.3. The Bertz CT molecular complexity index is 379. The van der Waals surface area contributed by atoms with Gasteiger partial charge in [-0.3, -0.25) is 0 Å². The minimum atomic E-state index is -0.652. The van der Waals surface area contributed by atoms with E-state index in [1.165, 1.54) is 26.4 Å². The average molecular weight is 213 g/mol. The molecule has 82 valence electrons. The summed E-state index contributed by atoms with van der Waals surface area (Å²) in [7, 11) is 2.50. The number of carbonyl (C=O) groups excluding carboxylic acids is 1. The fourth-order valence-electron chi connectivity index (χ4n) is 1.24. The molecule has 0 fully saturated rings. The van der Waals surface area contributed by atoms with E-state index in [4.69, 9.17) is 10.5 Å². The molecule has 0 aliphatic rings. The number of rotatable bonds is 3. The fourth-order valence-corrected chi connectivity index (χ4v) is 1.24. The monoisotopic (exact) mass is 213 g/mol. The Balaban J connectivity index is 3.32. The SMILES string of the molecule is COC(=O)c1cc(CN)cc(F)c1OC. The number of methoxy groups -OCH3 is 2. The first-order chi connectivity index (χ1) is 7.13. The van der Waals surface area contributed by atoms with Crippen LogP contribution in [0.5, 0.6) is 5.75 Å². The number of carbonyl (C=O) groups is 1. The minimum absolute atomic E-state index is 0.0421. The molecule has 0 radical (unpaired) electrons. The van der Waals surface area contributed by atoms with E-state index in [1.54, 1.807) is 0 Å². The molecular weight excluding hydrogens is 201 g/mol. The lowest BCUT2D eigenvalue weighted by atomic mass is 10.1. The molecule has 0 spiro atoms. The van der Waals surface area contributed by atoms with Crippen molar-refractivity contribution in [2.75, 3.05) is 14.2 Å². The van der Waals surface area contributed by atoms with Gasteiger partial charge >= 0.3 is 5.97 Å². The van der Waals surface area contributed by atoms with Crippen molar-refractivity contribution < 1.29 is 18.7 Å². The van der Waals surface area contributed by atoms with Gasteiger partial charge in [-0.05, 0) is 17.7 Å². The summed E-state index contributed by atoms with van der Waals surface area (Å²) in [6, 6.07) is 2.68. The lowest BCUT2D eigenvalue weighted by Gasteiger charge is -2.09. The van der Waals surface area contributed by atoms with Crippen LogP contribution >= 0.6 is 0 Å². The molecule has 4 nitrogen and oxygen atoms in total. The second-order valence-corrected chi connectivity index (χ2v) is 2.85. The molecule has 1 aromatic carbocycles. The summed E-state index contributed by atoms with van der Waals surface area (Å²) in [5, 5.41) is 0. The van der Waals surface area contributed by atoms with Gasteiger partial charge in [-0.15, -0.1) is 0 Å². The second kappa shape index (κ2) is 4.75. The molecule has 0 aromatic heterocycles. The van der Waals surface area contributed by atoms with Gasteiger partial charge in [0.25, 0.3) is 0 Å². The maximum Gasteiger partial charge on any atom is 0.341 e. The van der Waals surface area contributed by atoms with E-state index in [1.807, 2.05) is 0 Å². The molecule has 2 N–H and O–H groups in total. The number of hydrogen-bond donors (Lipinski definition) is 1. The number of nitrogens with two attached hydrogens (primary N) is 1. The molecule has 0 atom stereocenters. The number of halogens is 1. The van der Waals surface area contributed by atoms with Crippen LogP contribution in [0.1, 0.15) is 15.9 Å². The lowest BCUT2D eigenvalue weighted by Crippen LogP contribution is -2.08. The molecule has 0 aliphatic heterocycles. The summed E-state index contributed by atoms with van der Waals surface area (Å²) in [5.41, 5.74) is 5.91. The fraction of sp³-hybridized carbons (Fsp3) is 0.300. The predicted molar refractivity (Wildman–Crippen MR) is 52.2 cm³/mol. The van der Waals surface area contributed by atoms with Gasteiger partial charge in [0.05, 0.1) is 14.2 Å². The number of hydrogen-bond acceptors (Lipinski definition) is 4. The highest BCUT2D eigenvalue weighted by Crippen LogP contribution is 2.24. The summed E-state index contributed by atoms with van der Waals surface area (Å²) in [6.07, 6.45) is 0. The Morgan fingerprint density at radius 3 is 2.60 bits per heavy atom. The third-order valence-corrected chi connectivity index (χ3v) is 1.95. The first kappa shape index (κ1) is 11.5. The van der Waals surface area contributed by atoms with Crippen LogP contribution in [0.2, 0.25) is 0 Å². The van der Waals surface area contributed by atoms with Crippen LogP contribution in [-0.2, 0) is 11.3 Å². The van der Waals surface area contributed by atoms with Gasteiger partial charge in [-0.2, -0.15) is 0 Å². The van der Waals surface area contributed by atoms with E-state index in [2.05, 4.69) is 4.74 Å². The summed E-state index contributed by atoms with van der Waals surface area (Å²) in [5.74, 6) is -1.40. The molecule has 15 heavy (non-hydrogen) atoms. The molecule has 0 heterocycles. The van der Waals surface area contributed by atoms with Crippen molar-refractivity contribution >= 4 is 5.97 Å². The first-order valence-electron chi connectivity index (χ1n) is 4.28. The topological polar surface area (TPSA) is 61.5 Å². The zero-order valence-corrected chi connectivity index (χ0v) is 8.54. The Kier molecular flexibility index (Phi) is 3.62. The van der Waals surface area contributed by atoms with Crippen LogP contribution in [0.15, 0.2) is 12.1 Å². The summed E-state index contributed by atoms with van der Waals surface area (Å²) in [6.45, 7) is 0.144. The van der Waals surface area contributed by atoms with Gasteiger partial charge in [0.15, 0.2) is 11.6 Å². The Morgan fingerprint density at radius 2 is 2.13 bits per heavy atom. The van der Waals surface area contributed by atoms with Crippen LogP contribution in [0.4, 0.5) is 4.39 Å². The minimum Gasteiger partial charge on any atom is -0.493 e. The van der Waals surface area contributed by atoms with Crippen molar-refractivity contribution in [3.63, 3.8) is 0 Å². The van der Waals surface area contributed by atoms with Crippen molar-refractivity contribution in [1.29, 1.82) is 0 Å². The number of esters is 1. The van der Waals surface area contributed by atoms with Crippen LogP contribution in [-0.4, -0.2) is 20.2 Å². The largest absolute Gasteiger partial charge is 0.493 e. The van der Waals surface area contributed by atoms with E-state index in [9.17, 15) is 9.18 Å². The third-order valence-electron chi connectivity index (χ3n) is 1.95. The second-order valence-electron chi connectivity index (χ2n) is 2.85. The van der Waals surface area contributed by atoms with Crippen LogP contribution in [0.3, 0.4) is 0 Å². The van der Waals surface area contributed by atoms with Crippen molar-refractivity contribution in [2.24, 2.45) is 5.73 Å². The van der Waals surface area contributed by atoms with E-state index in [0.29, 0.717) is 5.56 Å². The lowest BCUT2D eigenvalue weighted by molar-refractivity contribution is 0.0596. The zero-order chi connectivity index (χ0) is 11.4. The zero-order valence-electron chi connectivity index (χ0n) is 8.54. The molecule has 0 saturated heterocycles. The molecule has 1 aromatic rings. The first-order valence-corrected chi connectivity index (χ1v) is 4.28. The van der Waals surface area contributed by atoms with E-state index < -0.39 is 11.8 Å². The standard InChI is InChI=1S/C10H12FNO3/c1-14-9-7(10(13)15-2)3-6(5-12)4-8(9)11/h3-4H,5,12H2,1-2H3. The Hall–Kier alpha value is -1.62. The van der Waals surface area contributed by atoms with Gasteiger partial charge in [-0.25, -0.2) is 9.18 Å². The van der Waals surface area contributed by atoms with E-state index in [0.717, 1.165) is 0 Å². The van der Waals surface area contributed by atoms with Gasteiger partial charge in [0, 0.05) is 6.54 Å². The molecule has 0 amide bonds. The quantitative estimate of drug-likeness (QED) is 0.763. The van der Waals surface area contributed by atoms with Crippen LogP contribution in [0.25, 0.3) is 0 Å². The Labute approximate surface area is 86.8 Å². The van der Waals surface area contributed by atoms with Crippen LogP contribution < -0.4 is 10.5 Å². The average Bonchev–Trinajstić information content (AvgIpc) is 2.26. The molecule has 0 bridgehead atoms. The Morgan fingerprint density at radius 1 is 1.47 bits per heavy atom. The highest BCUT2D eigenvalue weighted by Gasteiger charge is 2.17. The third kappa shape index (κ3) is 2.24.